The average Bonchev–Trinajstić information content (AvgIpc) is 3.30. The summed E-state index contributed by atoms with van der Waals surface area (Å²) in [5.41, 5.74) is 8.19. The first-order chi connectivity index (χ1) is 16.4. The number of rotatable bonds is 4. The van der Waals surface area contributed by atoms with E-state index in [4.69, 9.17) is 0 Å². The van der Waals surface area contributed by atoms with Crippen molar-refractivity contribution in [3.05, 3.63) is 114 Å². The van der Waals surface area contributed by atoms with Gasteiger partial charge in [-0.3, -0.25) is 4.57 Å². The van der Waals surface area contributed by atoms with E-state index in [9.17, 15) is 0 Å². The first kappa shape index (κ1) is 21.8. The molecular formula is C31H29N3. The van der Waals surface area contributed by atoms with Gasteiger partial charge in [0.05, 0.1) is 0 Å². The van der Waals surface area contributed by atoms with Crippen molar-refractivity contribution in [2.45, 2.75) is 33.1 Å². The van der Waals surface area contributed by atoms with Gasteiger partial charge in [0, 0.05) is 16.8 Å². The Hall–Kier alpha value is -3.98. The van der Waals surface area contributed by atoms with Crippen molar-refractivity contribution in [3.8, 4) is 39.6 Å². The molecule has 1 heterocycles. The highest BCUT2D eigenvalue weighted by molar-refractivity contribution is 5.71. The van der Waals surface area contributed by atoms with Crippen LogP contribution in [0.5, 0.6) is 0 Å². The molecule has 0 fully saturated rings. The highest BCUT2D eigenvalue weighted by atomic mass is 15.3. The van der Waals surface area contributed by atoms with Crippen molar-refractivity contribution in [2.24, 2.45) is 0 Å². The van der Waals surface area contributed by atoms with E-state index in [1.165, 1.54) is 22.3 Å². The lowest BCUT2D eigenvalue weighted by molar-refractivity contribution is 0.590. The third kappa shape index (κ3) is 4.29. The summed E-state index contributed by atoms with van der Waals surface area (Å²) in [6.07, 6.45) is 0. The highest BCUT2D eigenvalue weighted by Gasteiger charge is 2.19. The third-order valence-corrected chi connectivity index (χ3v) is 6.21. The number of nitrogens with zero attached hydrogens (tertiary/aromatic N) is 3. The monoisotopic (exact) mass is 443 g/mol. The van der Waals surface area contributed by atoms with Gasteiger partial charge in [0.15, 0.2) is 11.6 Å². The molecule has 0 aliphatic rings. The van der Waals surface area contributed by atoms with Gasteiger partial charge in [-0.15, -0.1) is 10.2 Å². The second-order valence-electron chi connectivity index (χ2n) is 9.79. The summed E-state index contributed by atoms with van der Waals surface area (Å²) in [6.45, 7) is 8.80. The fraction of sp³-hybridized carbons (Fsp3) is 0.161. The van der Waals surface area contributed by atoms with Crippen LogP contribution in [-0.2, 0) is 5.41 Å². The molecule has 0 aliphatic heterocycles. The molecule has 34 heavy (non-hydrogen) atoms. The van der Waals surface area contributed by atoms with E-state index in [0.29, 0.717) is 0 Å². The molecule has 0 saturated heterocycles. The van der Waals surface area contributed by atoms with Crippen LogP contribution in [0.2, 0.25) is 0 Å². The Balaban J connectivity index is 1.58. The molecule has 0 N–H and O–H groups in total. The maximum absolute atomic E-state index is 4.64. The summed E-state index contributed by atoms with van der Waals surface area (Å²) in [6, 6.07) is 36.2. The van der Waals surface area contributed by atoms with Crippen LogP contribution in [0.4, 0.5) is 0 Å². The molecule has 0 spiro atoms. The fourth-order valence-corrected chi connectivity index (χ4v) is 4.16. The number of benzene rings is 4. The minimum atomic E-state index is 0.107. The predicted octanol–water partition coefficient (Wildman–Crippen LogP) is 7.87. The Kier molecular flexibility index (Phi) is 5.62. The Labute approximate surface area is 201 Å². The van der Waals surface area contributed by atoms with Crippen LogP contribution in [0.25, 0.3) is 39.6 Å². The van der Waals surface area contributed by atoms with E-state index < -0.39 is 0 Å². The Bertz CT molecular complexity index is 1390. The van der Waals surface area contributed by atoms with Crippen molar-refractivity contribution < 1.29 is 0 Å². The number of para-hydroxylation sites is 1. The fourth-order valence-electron chi connectivity index (χ4n) is 4.16. The van der Waals surface area contributed by atoms with Crippen molar-refractivity contribution in [2.75, 3.05) is 0 Å². The standard InChI is InChI=1S/C31H29N3/c1-22-10-12-23(13-11-22)24-14-16-25(17-15-24)29-32-33-30(34(29)28-8-6-5-7-9-28)26-18-20-27(21-19-26)31(2,3)4/h5-21H,1-4H3. The van der Waals surface area contributed by atoms with E-state index >= 15 is 0 Å². The molecule has 5 rings (SSSR count). The zero-order chi connectivity index (χ0) is 23.7. The molecule has 3 nitrogen and oxygen atoms in total. The summed E-state index contributed by atoms with van der Waals surface area (Å²) in [5, 5.41) is 9.27. The minimum Gasteiger partial charge on any atom is -0.275 e. The summed E-state index contributed by atoms with van der Waals surface area (Å²) < 4.78 is 2.15. The molecule has 0 aliphatic carbocycles. The van der Waals surface area contributed by atoms with Crippen LogP contribution >= 0.6 is 0 Å². The molecule has 0 unspecified atom stereocenters. The Morgan fingerprint density at radius 1 is 0.529 bits per heavy atom. The first-order valence-corrected chi connectivity index (χ1v) is 11.7. The smallest absolute Gasteiger partial charge is 0.168 e. The Morgan fingerprint density at radius 3 is 1.47 bits per heavy atom. The molecule has 0 atom stereocenters. The SMILES string of the molecule is Cc1ccc(-c2ccc(-c3nnc(-c4ccc(C(C)(C)C)cc4)n3-c3ccccc3)cc2)cc1. The highest BCUT2D eigenvalue weighted by Crippen LogP contribution is 2.31. The average molecular weight is 444 g/mol. The number of hydrogen-bond donors (Lipinski definition) is 0. The molecular weight excluding hydrogens is 414 g/mol. The largest absolute Gasteiger partial charge is 0.275 e. The van der Waals surface area contributed by atoms with Crippen molar-refractivity contribution in [3.63, 3.8) is 0 Å². The van der Waals surface area contributed by atoms with Crippen LogP contribution in [0.3, 0.4) is 0 Å². The van der Waals surface area contributed by atoms with Gasteiger partial charge in [-0.2, -0.15) is 0 Å². The quantitative estimate of drug-likeness (QED) is 0.283. The summed E-state index contributed by atoms with van der Waals surface area (Å²) in [4.78, 5) is 0. The van der Waals surface area contributed by atoms with Gasteiger partial charge in [-0.1, -0.05) is 117 Å². The van der Waals surface area contributed by atoms with Crippen LogP contribution in [0, 0.1) is 6.92 Å². The van der Waals surface area contributed by atoms with Gasteiger partial charge < -0.3 is 0 Å². The van der Waals surface area contributed by atoms with Crippen LogP contribution in [0.15, 0.2) is 103 Å². The molecule has 3 heteroatoms. The molecule has 0 radical (unpaired) electrons. The second-order valence-corrected chi connectivity index (χ2v) is 9.79. The van der Waals surface area contributed by atoms with E-state index in [1.54, 1.807) is 0 Å². The summed E-state index contributed by atoms with van der Waals surface area (Å²) in [5.74, 6) is 1.67. The van der Waals surface area contributed by atoms with E-state index in [1.807, 2.05) is 18.2 Å². The number of aryl methyl sites for hydroxylation is 1. The lowest BCUT2D eigenvalue weighted by atomic mass is 9.86. The number of aromatic nitrogens is 3. The van der Waals surface area contributed by atoms with Crippen molar-refractivity contribution >= 4 is 0 Å². The maximum Gasteiger partial charge on any atom is 0.168 e. The molecule has 1 aromatic heterocycles. The molecule has 0 saturated carbocycles. The Morgan fingerprint density at radius 2 is 0.971 bits per heavy atom. The molecule has 5 aromatic rings. The van der Waals surface area contributed by atoms with Gasteiger partial charge in [0.2, 0.25) is 0 Å². The van der Waals surface area contributed by atoms with Crippen molar-refractivity contribution in [1.29, 1.82) is 0 Å². The first-order valence-electron chi connectivity index (χ1n) is 11.7. The topological polar surface area (TPSA) is 30.7 Å². The van der Waals surface area contributed by atoms with Crippen LogP contribution in [0.1, 0.15) is 31.9 Å². The van der Waals surface area contributed by atoms with E-state index in [2.05, 4.69) is 127 Å². The van der Waals surface area contributed by atoms with Gasteiger partial charge in [-0.05, 0) is 41.2 Å². The molecule has 4 aromatic carbocycles. The second kappa shape index (κ2) is 8.75. The minimum absolute atomic E-state index is 0.107. The van der Waals surface area contributed by atoms with Gasteiger partial charge in [0.25, 0.3) is 0 Å². The molecule has 0 bridgehead atoms. The van der Waals surface area contributed by atoms with Gasteiger partial charge in [-0.25, -0.2) is 0 Å². The molecule has 168 valence electrons. The lowest BCUT2D eigenvalue weighted by Crippen LogP contribution is -2.10. The van der Waals surface area contributed by atoms with Crippen LogP contribution < -0.4 is 0 Å². The third-order valence-electron chi connectivity index (χ3n) is 6.21. The van der Waals surface area contributed by atoms with Crippen molar-refractivity contribution in [1.82, 2.24) is 14.8 Å². The lowest BCUT2D eigenvalue weighted by Gasteiger charge is -2.19. The molecule has 0 amide bonds. The van der Waals surface area contributed by atoms with Gasteiger partial charge >= 0.3 is 0 Å². The normalized spacial score (nSPS) is 11.5. The summed E-state index contributed by atoms with van der Waals surface area (Å²) in [7, 11) is 0. The van der Waals surface area contributed by atoms with E-state index in [-0.39, 0.29) is 5.41 Å². The zero-order valence-corrected chi connectivity index (χ0v) is 20.2. The zero-order valence-electron chi connectivity index (χ0n) is 20.2. The maximum atomic E-state index is 4.64. The van der Waals surface area contributed by atoms with Gasteiger partial charge in [0.1, 0.15) is 0 Å². The van der Waals surface area contributed by atoms with Crippen LogP contribution in [-0.4, -0.2) is 14.8 Å². The summed E-state index contributed by atoms with van der Waals surface area (Å²) >= 11 is 0. The van der Waals surface area contributed by atoms with E-state index in [0.717, 1.165) is 28.5 Å². The number of hydrogen-bond acceptors (Lipinski definition) is 2. The predicted molar refractivity (Wildman–Crippen MR) is 141 cm³/mol.